The van der Waals surface area contributed by atoms with E-state index in [4.69, 9.17) is 0 Å². The van der Waals surface area contributed by atoms with E-state index in [0.29, 0.717) is 0 Å². The second-order valence-electron chi connectivity index (χ2n) is 3.27. The molecule has 0 unspecified atom stereocenters. The first-order valence-corrected chi connectivity index (χ1v) is 5.62. The second-order valence-corrected chi connectivity index (χ2v) is 3.27. The predicted octanol–water partition coefficient (Wildman–Crippen LogP) is 2.40. The van der Waals surface area contributed by atoms with Crippen LogP contribution in [0.5, 0.6) is 0 Å². The lowest BCUT2D eigenvalue weighted by molar-refractivity contribution is 0.667. The summed E-state index contributed by atoms with van der Waals surface area (Å²) in [6.07, 6.45) is 6.60. The van der Waals surface area contributed by atoms with Gasteiger partial charge in [-0.25, -0.2) is 0 Å². The SMILES string of the molecule is CCCCCNC.CCCCNC. The van der Waals surface area contributed by atoms with Crippen molar-refractivity contribution in [2.75, 3.05) is 27.2 Å². The summed E-state index contributed by atoms with van der Waals surface area (Å²) in [4.78, 5) is 0. The van der Waals surface area contributed by atoms with Crippen molar-refractivity contribution in [1.82, 2.24) is 10.6 Å². The lowest BCUT2D eigenvalue weighted by Gasteiger charge is -1.93. The highest BCUT2D eigenvalue weighted by molar-refractivity contribution is 4.39. The third-order valence-corrected chi connectivity index (χ3v) is 1.81. The average Bonchev–Trinajstić information content (AvgIpc) is 2.17. The van der Waals surface area contributed by atoms with Crippen molar-refractivity contribution >= 4 is 0 Å². The molecule has 0 aliphatic rings. The van der Waals surface area contributed by atoms with Crippen LogP contribution in [0.2, 0.25) is 0 Å². The summed E-state index contributed by atoms with van der Waals surface area (Å²) in [5.41, 5.74) is 0. The number of rotatable bonds is 7. The van der Waals surface area contributed by atoms with Crippen molar-refractivity contribution in [3.05, 3.63) is 0 Å². The minimum absolute atomic E-state index is 1.16. The van der Waals surface area contributed by atoms with Crippen LogP contribution in [-0.4, -0.2) is 27.2 Å². The lowest BCUT2D eigenvalue weighted by atomic mass is 10.2. The van der Waals surface area contributed by atoms with Gasteiger partial charge >= 0.3 is 0 Å². The molecule has 2 nitrogen and oxygen atoms in total. The Labute approximate surface area is 84.5 Å². The molecule has 0 atom stereocenters. The molecule has 0 saturated heterocycles. The highest BCUT2D eigenvalue weighted by atomic mass is 14.8. The normalized spacial score (nSPS) is 9.23. The van der Waals surface area contributed by atoms with Crippen molar-refractivity contribution < 1.29 is 0 Å². The van der Waals surface area contributed by atoms with Gasteiger partial charge in [0.05, 0.1) is 0 Å². The van der Waals surface area contributed by atoms with Gasteiger partial charge in [-0.1, -0.05) is 33.1 Å². The van der Waals surface area contributed by atoms with Gasteiger partial charge < -0.3 is 10.6 Å². The van der Waals surface area contributed by atoms with Crippen LogP contribution in [0.1, 0.15) is 46.0 Å². The third-order valence-electron chi connectivity index (χ3n) is 1.81. The zero-order valence-corrected chi connectivity index (χ0v) is 9.95. The van der Waals surface area contributed by atoms with Gasteiger partial charge in [-0.05, 0) is 40.0 Å². The van der Waals surface area contributed by atoms with E-state index >= 15 is 0 Å². The van der Waals surface area contributed by atoms with Gasteiger partial charge in [0.1, 0.15) is 0 Å². The molecule has 0 heterocycles. The fraction of sp³-hybridized carbons (Fsp3) is 1.00. The highest BCUT2D eigenvalue weighted by Crippen LogP contribution is 1.89. The quantitative estimate of drug-likeness (QED) is 0.600. The lowest BCUT2D eigenvalue weighted by Crippen LogP contribution is -2.06. The Morgan fingerprint density at radius 2 is 1.15 bits per heavy atom. The number of nitrogens with one attached hydrogen (secondary N) is 2. The average molecular weight is 188 g/mol. The van der Waals surface area contributed by atoms with E-state index in [1.807, 2.05) is 14.1 Å². The molecule has 0 aromatic rings. The fourth-order valence-electron chi connectivity index (χ4n) is 0.905. The van der Waals surface area contributed by atoms with E-state index in [1.54, 1.807) is 0 Å². The molecular formula is C11H28N2. The van der Waals surface area contributed by atoms with Crippen LogP contribution >= 0.6 is 0 Å². The molecule has 0 saturated carbocycles. The van der Waals surface area contributed by atoms with Crippen LogP contribution in [0.15, 0.2) is 0 Å². The maximum Gasteiger partial charge on any atom is -0.00519 e. The third kappa shape index (κ3) is 24.5. The first-order valence-electron chi connectivity index (χ1n) is 5.62. The minimum Gasteiger partial charge on any atom is -0.320 e. The second kappa shape index (κ2) is 17.9. The zero-order valence-electron chi connectivity index (χ0n) is 9.95. The van der Waals surface area contributed by atoms with Gasteiger partial charge in [-0.15, -0.1) is 0 Å². The molecule has 13 heavy (non-hydrogen) atoms. The van der Waals surface area contributed by atoms with Crippen LogP contribution < -0.4 is 10.6 Å². The van der Waals surface area contributed by atoms with Gasteiger partial charge in [-0.2, -0.15) is 0 Å². The molecule has 82 valence electrons. The Balaban J connectivity index is 0. The van der Waals surface area contributed by atoms with Gasteiger partial charge in [0.15, 0.2) is 0 Å². The largest absolute Gasteiger partial charge is 0.320 e. The molecule has 0 rings (SSSR count). The smallest absolute Gasteiger partial charge is 0.00519 e. The van der Waals surface area contributed by atoms with E-state index < -0.39 is 0 Å². The van der Waals surface area contributed by atoms with Crippen LogP contribution in [-0.2, 0) is 0 Å². The molecule has 0 aliphatic carbocycles. The summed E-state index contributed by atoms with van der Waals surface area (Å²) >= 11 is 0. The Kier molecular flexibility index (Phi) is 21.2. The Bertz CT molecular complexity index is 57.1. The van der Waals surface area contributed by atoms with E-state index in [1.165, 1.54) is 38.6 Å². The summed E-state index contributed by atoms with van der Waals surface area (Å²) in [5.74, 6) is 0. The summed E-state index contributed by atoms with van der Waals surface area (Å²) < 4.78 is 0. The van der Waals surface area contributed by atoms with Crippen LogP contribution in [0, 0.1) is 0 Å². The minimum atomic E-state index is 1.16. The molecule has 0 bridgehead atoms. The van der Waals surface area contributed by atoms with E-state index in [-0.39, 0.29) is 0 Å². The zero-order chi connectivity index (χ0) is 10.4. The van der Waals surface area contributed by atoms with Gasteiger partial charge in [0.2, 0.25) is 0 Å². The van der Waals surface area contributed by atoms with Crippen LogP contribution in [0.3, 0.4) is 0 Å². The number of hydrogen-bond acceptors (Lipinski definition) is 2. The van der Waals surface area contributed by atoms with Gasteiger partial charge in [-0.3, -0.25) is 0 Å². The monoisotopic (exact) mass is 188 g/mol. The molecular weight excluding hydrogens is 160 g/mol. The summed E-state index contributed by atoms with van der Waals surface area (Å²) in [7, 11) is 3.98. The van der Waals surface area contributed by atoms with Gasteiger partial charge in [0.25, 0.3) is 0 Å². The predicted molar refractivity (Wildman–Crippen MR) is 62.3 cm³/mol. The topological polar surface area (TPSA) is 24.1 Å². The standard InChI is InChI=1S/C6H15N.C5H13N/c1-3-4-5-6-7-2;1-3-4-5-6-2/h7H,3-6H2,1-2H3;6H,3-5H2,1-2H3. The van der Waals surface area contributed by atoms with Crippen molar-refractivity contribution in [3.8, 4) is 0 Å². The molecule has 0 amide bonds. The molecule has 0 aromatic heterocycles. The molecule has 0 fully saturated rings. The summed E-state index contributed by atoms with van der Waals surface area (Å²) in [5, 5.41) is 6.17. The van der Waals surface area contributed by atoms with Crippen molar-refractivity contribution in [2.24, 2.45) is 0 Å². The van der Waals surface area contributed by atoms with E-state index in [2.05, 4.69) is 24.5 Å². The van der Waals surface area contributed by atoms with E-state index in [9.17, 15) is 0 Å². The maximum absolute atomic E-state index is 3.10. The Hall–Kier alpha value is -0.0800. The van der Waals surface area contributed by atoms with E-state index in [0.717, 1.165) is 6.54 Å². The molecule has 0 aromatic carbocycles. The fourth-order valence-corrected chi connectivity index (χ4v) is 0.905. The van der Waals surface area contributed by atoms with Crippen molar-refractivity contribution in [3.63, 3.8) is 0 Å². The Morgan fingerprint density at radius 1 is 0.692 bits per heavy atom. The number of unbranched alkanes of at least 4 members (excludes halogenated alkanes) is 3. The summed E-state index contributed by atoms with van der Waals surface area (Å²) in [6, 6.07) is 0. The molecule has 0 spiro atoms. The molecule has 0 radical (unpaired) electrons. The highest BCUT2D eigenvalue weighted by Gasteiger charge is 1.78. The van der Waals surface area contributed by atoms with Crippen LogP contribution in [0.4, 0.5) is 0 Å². The molecule has 0 aliphatic heterocycles. The maximum atomic E-state index is 3.10. The number of hydrogen-bond donors (Lipinski definition) is 2. The van der Waals surface area contributed by atoms with Crippen molar-refractivity contribution in [2.45, 2.75) is 46.0 Å². The van der Waals surface area contributed by atoms with Gasteiger partial charge in [0, 0.05) is 0 Å². The molecule has 2 N–H and O–H groups in total. The van der Waals surface area contributed by atoms with Crippen molar-refractivity contribution in [1.29, 1.82) is 0 Å². The Morgan fingerprint density at radius 3 is 1.46 bits per heavy atom. The first-order chi connectivity index (χ1) is 6.33. The molecule has 2 heteroatoms. The van der Waals surface area contributed by atoms with Crippen LogP contribution in [0.25, 0.3) is 0 Å². The summed E-state index contributed by atoms with van der Waals surface area (Å²) in [6.45, 7) is 6.75. The first kappa shape index (κ1) is 15.4.